The zero-order valence-corrected chi connectivity index (χ0v) is 14.0. The van der Waals surface area contributed by atoms with Gasteiger partial charge < -0.3 is 10.6 Å². The molecule has 0 bridgehead atoms. The minimum Gasteiger partial charge on any atom is -0.326 e. The molecule has 2 aromatic rings. The second kappa shape index (κ2) is 6.87. The standard InChI is InChI=1S/C20H22N2O2/c1-13(2)14-5-9-17(10-6-14)21-20(24)16-7-11-18(12-8-16)22-19(23)15-3-4-15/h5-13,15H,3-4H2,1-2H3,(H,21,24)(H,22,23). The number of amides is 2. The Bertz CT molecular complexity index is 729. The summed E-state index contributed by atoms with van der Waals surface area (Å²) in [4.78, 5) is 24.0. The van der Waals surface area contributed by atoms with Gasteiger partial charge in [0.2, 0.25) is 5.91 Å². The van der Waals surface area contributed by atoms with Gasteiger partial charge in [0.05, 0.1) is 0 Å². The van der Waals surface area contributed by atoms with Crippen molar-refractivity contribution in [2.24, 2.45) is 5.92 Å². The van der Waals surface area contributed by atoms with Gasteiger partial charge >= 0.3 is 0 Å². The Morgan fingerprint density at radius 2 is 1.42 bits per heavy atom. The van der Waals surface area contributed by atoms with Gasteiger partial charge in [0.25, 0.3) is 5.91 Å². The molecule has 1 saturated carbocycles. The van der Waals surface area contributed by atoms with Crippen LogP contribution in [0.2, 0.25) is 0 Å². The van der Waals surface area contributed by atoms with Gasteiger partial charge in [0.15, 0.2) is 0 Å². The molecule has 124 valence electrons. The maximum Gasteiger partial charge on any atom is 0.255 e. The third kappa shape index (κ3) is 4.02. The molecule has 0 atom stereocenters. The Morgan fingerprint density at radius 3 is 1.96 bits per heavy atom. The lowest BCUT2D eigenvalue weighted by atomic mass is 10.0. The van der Waals surface area contributed by atoms with Crippen molar-refractivity contribution < 1.29 is 9.59 Å². The molecule has 2 amide bonds. The first-order valence-corrected chi connectivity index (χ1v) is 8.35. The molecule has 0 aliphatic heterocycles. The molecule has 24 heavy (non-hydrogen) atoms. The van der Waals surface area contributed by atoms with Crippen LogP contribution in [0.3, 0.4) is 0 Å². The first kappa shape index (κ1) is 16.2. The molecule has 2 aromatic carbocycles. The highest BCUT2D eigenvalue weighted by molar-refractivity contribution is 6.04. The number of anilines is 2. The number of nitrogens with one attached hydrogen (secondary N) is 2. The first-order chi connectivity index (χ1) is 11.5. The summed E-state index contributed by atoms with van der Waals surface area (Å²) in [6.45, 7) is 4.27. The van der Waals surface area contributed by atoms with Gasteiger partial charge in [-0.15, -0.1) is 0 Å². The predicted octanol–water partition coefficient (Wildman–Crippen LogP) is 4.41. The Labute approximate surface area is 142 Å². The van der Waals surface area contributed by atoms with Gasteiger partial charge in [0, 0.05) is 22.9 Å². The SMILES string of the molecule is CC(C)c1ccc(NC(=O)c2ccc(NC(=O)C3CC3)cc2)cc1. The lowest BCUT2D eigenvalue weighted by Gasteiger charge is -2.09. The maximum absolute atomic E-state index is 12.3. The highest BCUT2D eigenvalue weighted by Gasteiger charge is 2.29. The van der Waals surface area contributed by atoms with E-state index in [1.807, 2.05) is 24.3 Å². The van der Waals surface area contributed by atoms with Gasteiger partial charge in [-0.3, -0.25) is 9.59 Å². The van der Waals surface area contributed by atoms with Crippen LogP contribution < -0.4 is 10.6 Å². The number of carbonyl (C=O) groups is 2. The van der Waals surface area contributed by atoms with Gasteiger partial charge in [0.1, 0.15) is 0 Å². The molecule has 1 aliphatic rings. The topological polar surface area (TPSA) is 58.2 Å². The van der Waals surface area contributed by atoms with Gasteiger partial charge in [-0.25, -0.2) is 0 Å². The van der Waals surface area contributed by atoms with Crippen molar-refractivity contribution in [3.05, 3.63) is 59.7 Å². The van der Waals surface area contributed by atoms with Crippen LogP contribution in [0.5, 0.6) is 0 Å². The number of rotatable bonds is 5. The van der Waals surface area contributed by atoms with E-state index in [-0.39, 0.29) is 17.7 Å². The zero-order valence-electron chi connectivity index (χ0n) is 14.0. The van der Waals surface area contributed by atoms with E-state index in [0.29, 0.717) is 11.5 Å². The second-order valence-electron chi connectivity index (χ2n) is 6.57. The van der Waals surface area contributed by atoms with Gasteiger partial charge in [-0.2, -0.15) is 0 Å². The smallest absolute Gasteiger partial charge is 0.255 e. The quantitative estimate of drug-likeness (QED) is 0.856. The summed E-state index contributed by atoms with van der Waals surface area (Å²) in [5.41, 5.74) is 3.30. The third-order valence-corrected chi connectivity index (χ3v) is 4.20. The average Bonchev–Trinajstić information content (AvgIpc) is 3.41. The average molecular weight is 322 g/mol. The van der Waals surface area contributed by atoms with Crippen LogP contribution in [0, 0.1) is 5.92 Å². The van der Waals surface area contributed by atoms with Gasteiger partial charge in [-0.05, 0) is 60.7 Å². The lowest BCUT2D eigenvalue weighted by Crippen LogP contribution is -2.14. The molecule has 0 heterocycles. The molecule has 3 rings (SSSR count). The monoisotopic (exact) mass is 322 g/mol. The zero-order chi connectivity index (χ0) is 17.1. The molecular formula is C20H22N2O2. The van der Waals surface area contributed by atoms with E-state index in [2.05, 4.69) is 24.5 Å². The normalized spacial score (nSPS) is 13.6. The highest BCUT2D eigenvalue weighted by atomic mass is 16.2. The minimum atomic E-state index is -0.160. The molecular weight excluding hydrogens is 300 g/mol. The lowest BCUT2D eigenvalue weighted by molar-refractivity contribution is -0.117. The molecule has 0 spiro atoms. The van der Waals surface area contributed by atoms with Crippen LogP contribution in [0.1, 0.15) is 48.5 Å². The number of benzene rings is 2. The molecule has 0 saturated heterocycles. The van der Waals surface area contributed by atoms with Crippen molar-refractivity contribution in [3.63, 3.8) is 0 Å². The van der Waals surface area contributed by atoms with E-state index < -0.39 is 0 Å². The van der Waals surface area contributed by atoms with E-state index >= 15 is 0 Å². The molecule has 0 aromatic heterocycles. The highest BCUT2D eigenvalue weighted by Crippen LogP contribution is 2.30. The van der Waals surface area contributed by atoms with Gasteiger partial charge in [-0.1, -0.05) is 26.0 Å². The summed E-state index contributed by atoms with van der Waals surface area (Å²) in [6.07, 6.45) is 1.95. The van der Waals surface area contributed by atoms with E-state index in [4.69, 9.17) is 0 Å². The molecule has 4 nitrogen and oxygen atoms in total. The third-order valence-electron chi connectivity index (χ3n) is 4.20. The summed E-state index contributed by atoms with van der Waals surface area (Å²) in [7, 11) is 0. The Hall–Kier alpha value is -2.62. The van der Waals surface area contributed by atoms with Crippen LogP contribution in [0.4, 0.5) is 11.4 Å². The maximum atomic E-state index is 12.3. The Balaban J connectivity index is 1.60. The van der Waals surface area contributed by atoms with Crippen molar-refractivity contribution in [1.29, 1.82) is 0 Å². The fourth-order valence-corrected chi connectivity index (χ4v) is 2.45. The summed E-state index contributed by atoms with van der Waals surface area (Å²) in [5.74, 6) is 0.541. The largest absolute Gasteiger partial charge is 0.326 e. The van der Waals surface area contributed by atoms with E-state index in [9.17, 15) is 9.59 Å². The molecule has 0 radical (unpaired) electrons. The van der Waals surface area contributed by atoms with Crippen LogP contribution >= 0.6 is 0 Å². The molecule has 4 heteroatoms. The summed E-state index contributed by atoms with van der Waals surface area (Å²) in [6, 6.07) is 14.8. The second-order valence-corrected chi connectivity index (χ2v) is 6.57. The Kier molecular flexibility index (Phi) is 4.65. The van der Waals surface area contributed by atoms with Crippen LogP contribution in [0.15, 0.2) is 48.5 Å². The molecule has 1 fully saturated rings. The van der Waals surface area contributed by atoms with Crippen LogP contribution in [-0.2, 0) is 4.79 Å². The molecule has 1 aliphatic carbocycles. The van der Waals surface area contributed by atoms with E-state index in [0.717, 1.165) is 24.2 Å². The van der Waals surface area contributed by atoms with E-state index in [1.54, 1.807) is 24.3 Å². The number of carbonyl (C=O) groups excluding carboxylic acids is 2. The number of hydrogen-bond donors (Lipinski definition) is 2. The fraction of sp³-hybridized carbons (Fsp3) is 0.300. The van der Waals surface area contributed by atoms with Crippen molar-refractivity contribution in [3.8, 4) is 0 Å². The first-order valence-electron chi connectivity index (χ1n) is 8.35. The summed E-state index contributed by atoms with van der Waals surface area (Å²) in [5, 5.41) is 5.75. The van der Waals surface area contributed by atoms with Crippen molar-refractivity contribution in [2.75, 3.05) is 10.6 Å². The summed E-state index contributed by atoms with van der Waals surface area (Å²) < 4.78 is 0. The van der Waals surface area contributed by atoms with E-state index in [1.165, 1.54) is 5.56 Å². The fourth-order valence-electron chi connectivity index (χ4n) is 2.45. The predicted molar refractivity (Wildman–Crippen MR) is 96.3 cm³/mol. The Morgan fingerprint density at radius 1 is 0.875 bits per heavy atom. The van der Waals surface area contributed by atoms with Crippen LogP contribution in [-0.4, -0.2) is 11.8 Å². The van der Waals surface area contributed by atoms with Crippen molar-refractivity contribution in [2.45, 2.75) is 32.6 Å². The number of hydrogen-bond acceptors (Lipinski definition) is 2. The molecule has 2 N–H and O–H groups in total. The van der Waals surface area contributed by atoms with Crippen molar-refractivity contribution in [1.82, 2.24) is 0 Å². The molecule has 0 unspecified atom stereocenters. The van der Waals surface area contributed by atoms with Crippen LogP contribution in [0.25, 0.3) is 0 Å². The minimum absolute atomic E-state index is 0.0671. The summed E-state index contributed by atoms with van der Waals surface area (Å²) >= 11 is 0. The van der Waals surface area contributed by atoms with Crippen molar-refractivity contribution >= 4 is 23.2 Å².